The molecule has 0 bridgehead atoms. The highest BCUT2D eigenvalue weighted by atomic mass is 16.5. The Bertz CT molecular complexity index is 844. The third-order valence-corrected chi connectivity index (χ3v) is 4.18. The van der Waals surface area contributed by atoms with Crippen molar-refractivity contribution in [3.8, 4) is 5.75 Å². The highest BCUT2D eigenvalue weighted by molar-refractivity contribution is 6.36. The summed E-state index contributed by atoms with van der Waals surface area (Å²) in [6, 6.07) is 16.5. The largest absolute Gasteiger partial charge is 0.494 e. The summed E-state index contributed by atoms with van der Waals surface area (Å²) in [6.45, 7) is 2.96. The maximum Gasteiger partial charge on any atom is 0.278 e. The van der Waals surface area contributed by atoms with Crippen LogP contribution in [-0.4, -0.2) is 43.6 Å². The van der Waals surface area contributed by atoms with E-state index in [0.29, 0.717) is 23.5 Å². The Kier molecular flexibility index (Phi) is 5.88. The van der Waals surface area contributed by atoms with Crippen LogP contribution in [0.25, 0.3) is 5.57 Å². The number of carbonyl (C=O) groups excluding carboxylic acids is 2. The number of imide groups is 1. The second-order valence-corrected chi connectivity index (χ2v) is 5.95. The minimum Gasteiger partial charge on any atom is -0.494 e. The normalized spacial score (nSPS) is 14.1. The zero-order chi connectivity index (χ0) is 19.2. The van der Waals surface area contributed by atoms with Crippen LogP contribution >= 0.6 is 0 Å². The highest BCUT2D eigenvalue weighted by Gasteiger charge is 2.38. The van der Waals surface area contributed by atoms with Gasteiger partial charge in [-0.05, 0) is 36.8 Å². The van der Waals surface area contributed by atoms with E-state index >= 15 is 0 Å². The highest BCUT2D eigenvalue weighted by Crippen LogP contribution is 2.31. The number of hydrogen-bond donors (Lipinski definition) is 1. The summed E-state index contributed by atoms with van der Waals surface area (Å²) in [5.74, 6) is 0.0249. The van der Waals surface area contributed by atoms with Crippen molar-refractivity contribution in [2.24, 2.45) is 0 Å². The van der Waals surface area contributed by atoms with E-state index in [9.17, 15) is 9.59 Å². The molecule has 0 radical (unpaired) electrons. The molecule has 2 aromatic carbocycles. The lowest BCUT2D eigenvalue weighted by molar-refractivity contribution is -0.137. The second-order valence-electron chi connectivity index (χ2n) is 5.95. The number of methoxy groups -OCH3 is 1. The monoisotopic (exact) mass is 366 g/mol. The summed E-state index contributed by atoms with van der Waals surface area (Å²) >= 11 is 0. The number of para-hydroxylation sites is 1. The van der Waals surface area contributed by atoms with Crippen LogP contribution in [0, 0.1) is 0 Å². The summed E-state index contributed by atoms with van der Waals surface area (Å²) in [7, 11) is 1.54. The van der Waals surface area contributed by atoms with E-state index in [0.717, 1.165) is 5.69 Å². The molecule has 0 aliphatic carbocycles. The maximum atomic E-state index is 13.0. The van der Waals surface area contributed by atoms with Gasteiger partial charge in [0.1, 0.15) is 11.4 Å². The molecule has 1 heterocycles. The standard InChI is InChI=1S/C21H22N2O4/c1-3-27-17-11-9-15(10-12-17)18-19(22-16-7-5-4-6-8-16)21(25)23(20(18)24)13-14-26-2/h4-12,22H,3,13-14H2,1-2H3. The number of ether oxygens (including phenoxy) is 2. The quantitative estimate of drug-likeness (QED) is 0.728. The molecule has 1 N–H and O–H groups in total. The van der Waals surface area contributed by atoms with Gasteiger partial charge in [-0.3, -0.25) is 14.5 Å². The summed E-state index contributed by atoms with van der Waals surface area (Å²) in [5, 5.41) is 3.11. The first kappa shape index (κ1) is 18.7. The molecular formula is C21H22N2O4. The molecule has 0 saturated carbocycles. The number of carbonyl (C=O) groups is 2. The number of rotatable bonds is 8. The Morgan fingerprint density at radius 1 is 0.963 bits per heavy atom. The van der Waals surface area contributed by atoms with Crippen LogP contribution in [0.1, 0.15) is 12.5 Å². The first-order chi connectivity index (χ1) is 13.2. The van der Waals surface area contributed by atoms with Crippen molar-refractivity contribution in [3.05, 3.63) is 65.9 Å². The molecular weight excluding hydrogens is 344 g/mol. The van der Waals surface area contributed by atoms with Crippen molar-refractivity contribution in [2.75, 3.05) is 32.2 Å². The Morgan fingerprint density at radius 3 is 2.30 bits per heavy atom. The van der Waals surface area contributed by atoms with E-state index in [4.69, 9.17) is 9.47 Å². The van der Waals surface area contributed by atoms with Gasteiger partial charge in [0.25, 0.3) is 11.8 Å². The van der Waals surface area contributed by atoms with Crippen LogP contribution in [0.15, 0.2) is 60.3 Å². The van der Waals surface area contributed by atoms with E-state index in [2.05, 4.69) is 5.32 Å². The number of hydrogen-bond acceptors (Lipinski definition) is 5. The zero-order valence-corrected chi connectivity index (χ0v) is 15.4. The lowest BCUT2D eigenvalue weighted by atomic mass is 10.0. The van der Waals surface area contributed by atoms with Gasteiger partial charge in [-0.1, -0.05) is 30.3 Å². The average molecular weight is 366 g/mol. The predicted molar refractivity (Wildman–Crippen MR) is 103 cm³/mol. The van der Waals surface area contributed by atoms with Crippen molar-refractivity contribution >= 4 is 23.1 Å². The molecule has 0 unspecified atom stereocenters. The van der Waals surface area contributed by atoms with Crippen LogP contribution in [0.5, 0.6) is 5.75 Å². The fraction of sp³-hybridized carbons (Fsp3) is 0.238. The molecule has 2 amide bonds. The Morgan fingerprint density at radius 2 is 1.67 bits per heavy atom. The molecule has 0 aromatic heterocycles. The first-order valence-electron chi connectivity index (χ1n) is 8.80. The summed E-state index contributed by atoms with van der Waals surface area (Å²) in [4.78, 5) is 27.0. The van der Waals surface area contributed by atoms with Gasteiger partial charge in [-0.25, -0.2) is 0 Å². The van der Waals surface area contributed by atoms with Gasteiger partial charge in [0.15, 0.2) is 0 Å². The first-order valence-corrected chi connectivity index (χ1v) is 8.80. The zero-order valence-electron chi connectivity index (χ0n) is 15.4. The van der Waals surface area contributed by atoms with Crippen molar-refractivity contribution in [3.63, 3.8) is 0 Å². The SMILES string of the molecule is CCOc1ccc(C2=C(Nc3ccccc3)C(=O)N(CCOC)C2=O)cc1. The number of nitrogens with zero attached hydrogens (tertiary/aromatic N) is 1. The molecule has 27 heavy (non-hydrogen) atoms. The summed E-state index contributed by atoms with van der Waals surface area (Å²) < 4.78 is 10.5. The van der Waals surface area contributed by atoms with Gasteiger partial charge in [0, 0.05) is 12.8 Å². The number of anilines is 1. The van der Waals surface area contributed by atoms with Gasteiger partial charge in [0.2, 0.25) is 0 Å². The van der Waals surface area contributed by atoms with Crippen molar-refractivity contribution < 1.29 is 19.1 Å². The summed E-state index contributed by atoms with van der Waals surface area (Å²) in [6.07, 6.45) is 0. The van der Waals surface area contributed by atoms with E-state index < -0.39 is 0 Å². The molecule has 1 aliphatic heterocycles. The van der Waals surface area contributed by atoms with Crippen LogP contribution in [0.4, 0.5) is 5.69 Å². The van der Waals surface area contributed by atoms with Gasteiger partial charge in [-0.15, -0.1) is 0 Å². The molecule has 2 aromatic rings. The molecule has 3 rings (SSSR count). The third kappa shape index (κ3) is 4.01. The topological polar surface area (TPSA) is 67.9 Å². The fourth-order valence-electron chi connectivity index (χ4n) is 2.90. The average Bonchev–Trinajstić information content (AvgIpc) is 2.92. The second kappa shape index (κ2) is 8.51. The van der Waals surface area contributed by atoms with Crippen molar-refractivity contribution in [1.29, 1.82) is 0 Å². The smallest absolute Gasteiger partial charge is 0.278 e. The number of benzene rings is 2. The molecule has 6 heteroatoms. The molecule has 0 saturated heterocycles. The van der Waals surface area contributed by atoms with Crippen molar-refractivity contribution in [1.82, 2.24) is 4.90 Å². The van der Waals surface area contributed by atoms with Gasteiger partial charge < -0.3 is 14.8 Å². The van der Waals surface area contributed by atoms with Crippen molar-refractivity contribution in [2.45, 2.75) is 6.92 Å². The molecule has 140 valence electrons. The van der Waals surface area contributed by atoms with Gasteiger partial charge >= 0.3 is 0 Å². The lowest BCUT2D eigenvalue weighted by Gasteiger charge is -2.14. The minimum atomic E-state index is -0.357. The Labute approximate surface area is 158 Å². The fourth-order valence-corrected chi connectivity index (χ4v) is 2.90. The van der Waals surface area contributed by atoms with Crippen LogP contribution < -0.4 is 10.1 Å². The number of nitrogens with one attached hydrogen (secondary N) is 1. The lowest BCUT2D eigenvalue weighted by Crippen LogP contribution is -2.35. The van der Waals surface area contributed by atoms with Crippen LogP contribution in [0.3, 0.4) is 0 Å². The van der Waals surface area contributed by atoms with Crippen LogP contribution in [-0.2, 0) is 14.3 Å². The molecule has 6 nitrogen and oxygen atoms in total. The van der Waals surface area contributed by atoms with Gasteiger partial charge in [-0.2, -0.15) is 0 Å². The third-order valence-electron chi connectivity index (χ3n) is 4.18. The minimum absolute atomic E-state index is 0.203. The van der Waals surface area contributed by atoms with E-state index in [1.165, 1.54) is 12.0 Å². The predicted octanol–water partition coefficient (Wildman–Crippen LogP) is 2.92. The number of amides is 2. The van der Waals surface area contributed by atoms with Crippen LogP contribution in [0.2, 0.25) is 0 Å². The van der Waals surface area contributed by atoms with E-state index in [-0.39, 0.29) is 30.7 Å². The molecule has 1 aliphatic rings. The maximum absolute atomic E-state index is 13.0. The van der Waals surface area contributed by atoms with Gasteiger partial charge in [0.05, 0.1) is 25.3 Å². The Hall–Kier alpha value is -3.12. The molecule has 0 spiro atoms. The van der Waals surface area contributed by atoms with E-state index in [1.807, 2.05) is 37.3 Å². The summed E-state index contributed by atoms with van der Waals surface area (Å²) in [5.41, 5.74) is 2.02. The Balaban J connectivity index is 1.99. The molecule has 0 atom stereocenters. The van der Waals surface area contributed by atoms with E-state index in [1.54, 1.807) is 24.3 Å². The molecule has 0 fully saturated rings.